The average molecular weight is 259 g/mol. The molecule has 2 nitrogen and oxygen atoms in total. The molecule has 1 heterocycles. The second-order valence-electron chi connectivity index (χ2n) is 5.19. The molecule has 1 fully saturated rings. The third-order valence-corrected chi connectivity index (χ3v) is 3.05. The number of hydrogen-bond acceptors (Lipinski definition) is 2. The Morgan fingerprint density at radius 1 is 1.22 bits per heavy atom. The third-order valence-electron chi connectivity index (χ3n) is 3.05. The minimum atomic E-state index is -0.914. The standard InChI is InChI=1S/C13H16F3NO/c1-13(2)7-9(3-4-18-13)17-12-10(15)5-8(14)6-11(12)16/h5-6,9,17H,3-4,7H2,1-2H3. The van der Waals surface area contributed by atoms with Gasteiger partial charge in [0.15, 0.2) is 11.6 Å². The van der Waals surface area contributed by atoms with Crippen LogP contribution in [0.1, 0.15) is 26.7 Å². The summed E-state index contributed by atoms with van der Waals surface area (Å²) in [6, 6.07) is 1.27. The van der Waals surface area contributed by atoms with E-state index in [1.807, 2.05) is 13.8 Å². The summed E-state index contributed by atoms with van der Waals surface area (Å²) in [5, 5.41) is 2.80. The lowest BCUT2D eigenvalue weighted by Crippen LogP contribution is -2.40. The number of hydrogen-bond donors (Lipinski definition) is 1. The Labute approximate surface area is 104 Å². The van der Waals surface area contributed by atoms with Crippen LogP contribution >= 0.6 is 0 Å². The van der Waals surface area contributed by atoms with E-state index in [0.29, 0.717) is 31.6 Å². The van der Waals surface area contributed by atoms with E-state index in [0.717, 1.165) is 0 Å². The van der Waals surface area contributed by atoms with Crippen molar-refractivity contribution in [1.29, 1.82) is 0 Å². The van der Waals surface area contributed by atoms with Crippen LogP contribution in [0.3, 0.4) is 0 Å². The summed E-state index contributed by atoms with van der Waals surface area (Å²) in [5.74, 6) is -2.73. The van der Waals surface area contributed by atoms with Gasteiger partial charge in [-0.1, -0.05) is 0 Å². The van der Waals surface area contributed by atoms with Gasteiger partial charge in [0.25, 0.3) is 0 Å². The zero-order valence-corrected chi connectivity index (χ0v) is 10.4. The van der Waals surface area contributed by atoms with Gasteiger partial charge in [0.05, 0.1) is 5.60 Å². The van der Waals surface area contributed by atoms with Crippen LogP contribution in [0.2, 0.25) is 0 Å². The molecule has 1 aromatic carbocycles. The Balaban J connectivity index is 2.14. The van der Waals surface area contributed by atoms with Gasteiger partial charge in [0.1, 0.15) is 11.5 Å². The Bertz CT molecular complexity index is 425. The molecular weight excluding hydrogens is 243 g/mol. The van der Waals surface area contributed by atoms with Crippen LogP contribution in [0.5, 0.6) is 0 Å². The summed E-state index contributed by atoms with van der Waals surface area (Å²) in [7, 11) is 0. The van der Waals surface area contributed by atoms with Gasteiger partial charge in [-0.3, -0.25) is 0 Å². The molecule has 1 aliphatic rings. The highest BCUT2D eigenvalue weighted by Crippen LogP contribution is 2.28. The van der Waals surface area contributed by atoms with Crippen molar-refractivity contribution in [3.63, 3.8) is 0 Å². The minimum absolute atomic E-state index is 0.0804. The van der Waals surface area contributed by atoms with Crippen LogP contribution in [-0.4, -0.2) is 18.2 Å². The van der Waals surface area contributed by atoms with Crippen molar-refractivity contribution in [3.05, 3.63) is 29.6 Å². The molecule has 1 atom stereocenters. The van der Waals surface area contributed by atoms with Gasteiger partial charge in [-0.15, -0.1) is 0 Å². The second-order valence-corrected chi connectivity index (χ2v) is 5.19. The van der Waals surface area contributed by atoms with Gasteiger partial charge in [0, 0.05) is 24.8 Å². The summed E-state index contributed by atoms with van der Waals surface area (Å²) >= 11 is 0. The van der Waals surface area contributed by atoms with E-state index in [4.69, 9.17) is 4.74 Å². The van der Waals surface area contributed by atoms with Crippen molar-refractivity contribution in [1.82, 2.24) is 0 Å². The highest BCUT2D eigenvalue weighted by Gasteiger charge is 2.29. The molecule has 100 valence electrons. The Hall–Kier alpha value is -1.23. The number of halogens is 3. The molecule has 1 unspecified atom stereocenters. The maximum atomic E-state index is 13.5. The minimum Gasteiger partial charge on any atom is -0.377 e. The van der Waals surface area contributed by atoms with Gasteiger partial charge >= 0.3 is 0 Å². The molecule has 18 heavy (non-hydrogen) atoms. The first-order valence-electron chi connectivity index (χ1n) is 5.92. The summed E-state index contributed by atoms with van der Waals surface area (Å²) in [4.78, 5) is 0. The Morgan fingerprint density at radius 3 is 2.39 bits per heavy atom. The van der Waals surface area contributed by atoms with E-state index >= 15 is 0 Å². The van der Waals surface area contributed by atoms with Crippen LogP contribution in [0.4, 0.5) is 18.9 Å². The van der Waals surface area contributed by atoms with E-state index < -0.39 is 17.5 Å². The van der Waals surface area contributed by atoms with Crippen LogP contribution in [0.25, 0.3) is 0 Å². The normalized spacial score (nSPS) is 22.8. The smallest absolute Gasteiger partial charge is 0.152 e. The SMILES string of the molecule is CC1(C)CC(Nc2c(F)cc(F)cc2F)CCO1. The Morgan fingerprint density at radius 2 is 1.83 bits per heavy atom. The lowest BCUT2D eigenvalue weighted by molar-refractivity contribution is -0.0553. The number of anilines is 1. The summed E-state index contributed by atoms with van der Waals surface area (Å²) in [6.07, 6.45) is 1.31. The largest absolute Gasteiger partial charge is 0.377 e. The highest BCUT2D eigenvalue weighted by atomic mass is 19.1. The molecule has 0 aromatic heterocycles. The number of nitrogens with one attached hydrogen (secondary N) is 1. The molecule has 0 aliphatic carbocycles. The van der Waals surface area contributed by atoms with E-state index in [2.05, 4.69) is 5.32 Å². The fourth-order valence-corrected chi connectivity index (χ4v) is 2.24. The predicted octanol–water partition coefficient (Wildman–Crippen LogP) is 3.47. The first-order chi connectivity index (χ1) is 8.37. The van der Waals surface area contributed by atoms with Crippen LogP contribution < -0.4 is 5.32 Å². The average Bonchev–Trinajstić information content (AvgIpc) is 2.22. The van der Waals surface area contributed by atoms with E-state index in [1.54, 1.807) is 0 Å². The predicted molar refractivity (Wildman–Crippen MR) is 63.0 cm³/mol. The second kappa shape index (κ2) is 4.80. The topological polar surface area (TPSA) is 21.3 Å². The van der Waals surface area contributed by atoms with Crippen molar-refractivity contribution >= 4 is 5.69 Å². The first kappa shape index (κ1) is 13.2. The van der Waals surface area contributed by atoms with Crippen molar-refractivity contribution in [2.45, 2.75) is 38.3 Å². The maximum Gasteiger partial charge on any atom is 0.152 e. The van der Waals surface area contributed by atoms with Gasteiger partial charge in [-0.25, -0.2) is 13.2 Å². The monoisotopic (exact) mass is 259 g/mol. The van der Waals surface area contributed by atoms with Crippen LogP contribution in [0, 0.1) is 17.5 Å². The summed E-state index contributed by atoms with van der Waals surface area (Å²) in [5.41, 5.74) is -0.581. The molecule has 0 amide bonds. The van der Waals surface area contributed by atoms with E-state index in [9.17, 15) is 13.2 Å². The fourth-order valence-electron chi connectivity index (χ4n) is 2.24. The number of ether oxygens (including phenoxy) is 1. The molecular formula is C13H16F3NO. The number of benzene rings is 1. The van der Waals surface area contributed by atoms with Gasteiger partial charge in [0.2, 0.25) is 0 Å². The van der Waals surface area contributed by atoms with Crippen LogP contribution in [-0.2, 0) is 4.74 Å². The maximum absolute atomic E-state index is 13.5. The molecule has 0 radical (unpaired) electrons. The Kier molecular flexibility index (Phi) is 3.52. The van der Waals surface area contributed by atoms with Crippen molar-refractivity contribution < 1.29 is 17.9 Å². The molecule has 1 saturated heterocycles. The quantitative estimate of drug-likeness (QED) is 0.878. The summed E-state index contributed by atoms with van der Waals surface area (Å²) in [6.45, 7) is 4.39. The van der Waals surface area contributed by atoms with Gasteiger partial charge in [-0.2, -0.15) is 0 Å². The molecule has 1 aromatic rings. The lowest BCUT2D eigenvalue weighted by Gasteiger charge is -2.36. The third kappa shape index (κ3) is 2.96. The lowest BCUT2D eigenvalue weighted by atomic mass is 9.94. The summed E-state index contributed by atoms with van der Waals surface area (Å²) < 4.78 is 45.3. The molecule has 5 heteroatoms. The molecule has 1 aliphatic heterocycles. The molecule has 0 saturated carbocycles. The van der Waals surface area contributed by atoms with Crippen LogP contribution in [0.15, 0.2) is 12.1 Å². The van der Waals surface area contributed by atoms with Gasteiger partial charge in [-0.05, 0) is 26.7 Å². The fraction of sp³-hybridized carbons (Fsp3) is 0.538. The van der Waals surface area contributed by atoms with Crippen molar-refractivity contribution in [2.75, 3.05) is 11.9 Å². The molecule has 0 spiro atoms. The van der Waals surface area contributed by atoms with Crippen molar-refractivity contribution in [2.24, 2.45) is 0 Å². The molecule has 1 N–H and O–H groups in total. The van der Waals surface area contributed by atoms with E-state index in [-0.39, 0.29) is 17.3 Å². The zero-order chi connectivity index (χ0) is 13.3. The molecule has 0 bridgehead atoms. The highest BCUT2D eigenvalue weighted by molar-refractivity contribution is 5.47. The molecule has 2 rings (SSSR count). The van der Waals surface area contributed by atoms with Gasteiger partial charge < -0.3 is 10.1 Å². The zero-order valence-electron chi connectivity index (χ0n) is 10.4. The van der Waals surface area contributed by atoms with E-state index in [1.165, 1.54) is 0 Å². The van der Waals surface area contributed by atoms with Crippen molar-refractivity contribution in [3.8, 4) is 0 Å². The number of rotatable bonds is 2. The first-order valence-corrected chi connectivity index (χ1v) is 5.92.